The molecule has 1 nitrogen and oxygen atoms in total. The molecule has 0 fully saturated rings. The average Bonchev–Trinajstić information content (AvgIpc) is 2.22. The third kappa shape index (κ3) is 4.59. The van der Waals surface area contributed by atoms with Gasteiger partial charge in [0.2, 0.25) is 0 Å². The lowest BCUT2D eigenvalue weighted by Gasteiger charge is -2.09. The van der Waals surface area contributed by atoms with Crippen LogP contribution in [0, 0.1) is 5.41 Å². The minimum absolute atomic E-state index is 0.523. The molecule has 0 aliphatic heterocycles. The first-order valence-electron chi connectivity index (χ1n) is 5.28. The lowest BCUT2D eigenvalue weighted by molar-refractivity contribution is 1.13. The van der Waals surface area contributed by atoms with E-state index in [0.717, 1.165) is 29.6 Å². The predicted octanol–water partition coefficient (Wildman–Crippen LogP) is 4.44. The smallest absolute Gasteiger partial charge is 0.0637 e. The molecule has 0 amide bonds. The summed E-state index contributed by atoms with van der Waals surface area (Å²) in [5, 5.41) is 7.97. The Morgan fingerprint density at radius 3 is 2.33 bits per heavy atom. The average molecular weight is 203 g/mol. The van der Waals surface area contributed by atoms with Crippen molar-refractivity contribution in [1.29, 1.82) is 5.41 Å². The molecular weight excluding hydrogens is 182 g/mol. The number of nitrogens with one attached hydrogen (secondary N) is 1. The van der Waals surface area contributed by atoms with Crippen molar-refractivity contribution in [2.75, 3.05) is 0 Å². The monoisotopic (exact) mass is 203 g/mol. The van der Waals surface area contributed by atoms with Gasteiger partial charge in [0.1, 0.15) is 0 Å². The molecule has 0 spiro atoms. The largest absolute Gasteiger partial charge is 0.300 e. The Kier molecular flexibility index (Phi) is 6.35. The highest BCUT2D eigenvalue weighted by molar-refractivity contribution is 6.12. The fraction of sp³-hybridized carbons (Fsp3) is 0.357. The molecule has 82 valence electrons. The fourth-order valence-electron chi connectivity index (χ4n) is 1.18. The molecule has 0 unspecified atom stereocenters. The summed E-state index contributed by atoms with van der Waals surface area (Å²) in [5.74, 6) is 0. The zero-order valence-electron chi connectivity index (χ0n) is 10.1. The van der Waals surface area contributed by atoms with E-state index in [1.165, 1.54) is 0 Å². The molecule has 0 heterocycles. The van der Waals surface area contributed by atoms with Crippen LogP contribution in [0.3, 0.4) is 0 Å². The number of allylic oxidation sites excluding steroid dienone is 6. The van der Waals surface area contributed by atoms with Gasteiger partial charge in [-0.3, -0.25) is 0 Å². The highest BCUT2D eigenvalue weighted by Crippen LogP contribution is 2.15. The topological polar surface area (TPSA) is 23.9 Å². The van der Waals surface area contributed by atoms with Crippen LogP contribution in [0.2, 0.25) is 0 Å². The molecule has 1 heteroatoms. The normalized spacial score (nSPS) is 11.8. The Hall–Kier alpha value is -1.37. The van der Waals surface area contributed by atoms with Crippen LogP contribution >= 0.6 is 0 Å². The van der Waals surface area contributed by atoms with E-state index in [1.54, 1.807) is 0 Å². The third-order valence-corrected chi connectivity index (χ3v) is 2.25. The van der Waals surface area contributed by atoms with E-state index < -0.39 is 0 Å². The van der Waals surface area contributed by atoms with Gasteiger partial charge in [0, 0.05) is 0 Å². The third-order valence-electron chi connectivity index (χ3n) is 2.25. The van der Waals surface area contributed by atoms with E-state index in [0.29, 0.717) is 5.71 Å². The molecule has 0 radical (unpaired) electrons. The first-order valence-corrected chi connectivity index (χ1v) is 5.28. The van der Waals surface area contributed by atoms with Gasteiger partial charge in [-0.15, -0.1) is 0 Å². The van der Waals surface area contributed by atoms with Crippen LogP contribution in [0.15, 0.2) is 48.1 Å². The molecule has 15 heavy (non-hydrogen) atoms. The summed E-state index contributed by atoms with van der Waals surface area (Å²) in [4.78, 5) is 0. The number of hydrogen-bond donors (Lipinski definition) is 1. The van der Waals surface area contributed by atoms with E-state index in [2.05, 4.69) is 32.2 Å². The van der Waals surface area contributed by atoms with Crippen molar-refractivity contribution in [3.8, 4) is 0 Å². The second-order valence-corrected chi connectivity index (χ2v) is 3.52. The van der Waals surface area contributed by atoms with Gasteiger partial charge in [-0.1, -0.05) is 38.3 Å². The van der Waals surface area contributed by atoms with Crippen molar-refractivity contribution in [3.05, 3.63) is 48.1 Å². The molecule has 0 aliphatic carbocycles. The van der Waals surface area contributed by atoms with Crippen LogP contribution in [0.1, 0.15) is 33.6 Å². The molecule has 0 saturated heterocycles. The summed E-state index contributed by atoms with van der Waals surface area (Å²) in [6.45, 7) is 13.6. The lowest BCUT2D eigenvalue weighted by Crippen LogP contribution is -2.04. The molecule has 0 rings (SSSR count). The minimum Gasteiger partial charge on any atom is -0.300 e. The molecule has 0 saturated carbocycles. The van der Waals surface area contributed by atoms with Crippen LogP contribution in [-0.2, 0) is 0 Å². The van der Waals surface area contributed by atoms with Gasteiger partial charge in [0.05, 0.1) is 5.71 Å². The van der Waals surface area contributed by atoms with Crippen molar-refractivity contribution in [1.82, 2.24) is 0 Å². The van der Waals surface area contributed by atoms with Crippen LogP contribution in [0.5, 0.6) is 0 Å². The maximum absolute atomic E-state index is 7.97. The van der Waals surface area contributed by atoms with Gasteiger partial charge in [-0.05, 0) is 43.4 Å². The Labute approximate surface area is 93.4 Å². The van der Waals surface area contributed by atoms with Crippen LogP contribution in [0.25, 0.3) is 0 Å². The summed E-state index contributed by atoms with van der Waals surface area (Å²) in [6, 6.07) is 0. The van der Waals surface area contributed by atoms with E-state index in [-0.39, 0.29) is 0 Å². The van der Waals surface area contributed by atoms with Gasteiger partial charge >= 0.3 is 0 Å². The molecule has 0 aromatic rings. The maximum Gasteiger partial charge on any atom is 0.0637 e. The SMILES string of the molecule is C=C(C)C(=C)C(=N)/C(=C/CC=CC)CC. The van der Waals surface area contributed by atoms with Crippen molar-refractivity contribution >= 4 is 5.71 Å². The van der Waals surface area contributed by atoms with Gasteiger partial charge in [0.25, 0.3) is 0 Å². The Bertz CT molecular complexity index is 316. The maximum atomic E-state index is 7.97. The number of rotatable bonds is 6. The highest BCUT2D eigenvalue weighted by Gasteiger charge is 2.07. The fourth-order valence-corrected chi connectivity index (χ4v) is 1.18. The predicted molar refractivity (Wildman–Crippen MR) is 69.5 cm³/mol. The van der Waals surface area contributed by atoms with Crippen LogP contribution in [-0.4, -0.2) is 5.71 Å². The zero-order valence-corrected chi connectivity index (χ0v) is 10.1. The molecule has 0 aliphatic rings. The molecule has 0 aromatic carbocycles. The summed E-state index contributed by atoms with van der Waals surface area (Å²) < 4.78 is 0. The van der Waals surface area contributed by atoms with Gasteiger partial charge in [-0.2, -0.15) is 0 Å². The second kappa shape index (κ2) is 6.99. The van der Waals surface area contributed by atoms with Crippen molar-refractivity contribution < 1.29 is 0 Å². The van der Waals surface area contributed by atoms with Gasteiger partial charge < -0.3 is 5.41 Å². The van der Waals surface area contributed by atoms with E-state index in [4.69, 9.17) is 5.41 Å². The van der Waals surface area contributed by atoms with Crippen molar-refractivity contribution in [2.24, 2.45) is 0 Å². The van der Waals surface area contributed by atoms with Crippen LogP contribution in [0.4, 0.5) is 0 Å². The van der Waals surface area contributed by atoms with Crippen molar-refractivity contribution in [3.63, 3.8) is 0 Å². The van der Waals surface area contributed by atoms with E-state index in [9.17, 15) is 0 Å². The first kappa shape index (κ1) is 13.6. The molecule has 0 atom stereocenters. The summed E-state index contributed by atoms with van der Waals surface area (Å²) in [7, 11) is 0. The van der Waals surface area contributed by atoms with E-state index in [1.807, 2.05) is 19.9 Å². The molecule has 1 N–H and O–H groups in total. The minimum atomic E-state index is 0.523. The summed E-state index contributed by atoms with van der Waals surface area (Å²) >= 11 is 0. The van der Waals surface area contributed by atoms with Gasteiger partial charge in [-0.25, -0.2) is 0 Å². The Morgan fingerprint density at radius 2 is 1.93 bits per heavy atom. The number of hydrogen-bond acceptors (Lipinski definition) is 1. The molecule has 0 bridgehead atoms. The highest BCUT2D eigenvalue weighted by atomic mass is 14.4. The van der Waals surface area contributed by atoms with Gasteiger partial charge in [0.15, 0.2) is 0 Å². The standard InChI is InChI=1S/C14H21N/c1-6-8-9-10-13(7-2)14(15)12(5)11(3)4/h6,8,10,15H,3,5,7,9H2,1-2,4H3/b8-6?,13-10+,15-14?. The Balaban J connectivity index is 4.68. The summed E-state index contributed by atoms with van der Waals surface area (Å²) in [6.07, 6.45) is 7.91. The molecule has 0 aromatic heterocycles. The second-order valence-electron chi connectivity index (χ2n) is 3.52. The quantitative estimate of drug-likeness (QED) is 0.375. The Morgan fingerprint density at radius 1 is 1.33 bits per heavy atom. The van der Waals surface area contributed by atoms with Crippen molar-refractivity contribution in [2.45, 2.75) is 33.6 Å². The molecular formula is C14H21N. The zero-order chi connectivity index (χ0) is 11.8. The van der Waals surface area contributed by atoms with Crippen LogP contribution < -0.4 is 0 Å². The van der Waals surface area contributed by atoms with E-state index >= 15 is 0 Å². The lowest BCUT2D eigenvalue weighted by atomic mass is 9.97. The summed E-state index contributed by atoms with van der Waals surface area (Å²) in [5.41, 5.74) is 3.17. The first-order chi connectivity index (χ1) is 7.04.